The average molecular weight is 268 g/mol. The lowest BCUT2D eigenvalue weighted by Crippen LogP contribution is -1.99. The van der Waals surface area contributed by atoms with Crippen molar-refractivity contribution >= 4 is 21.9 Å². The van der Waals surface area contributed by atoms with E-state index in [0.717, 1.165) is 4.47 Å². The van der Waals surface area contributed by atoms with Gasteiger partial charge in [-0.1, -0.05) is 0 Å². The molecule has 0 atom stereocenters. The highest BCUT2D eigenvalue weighted by atomic mass is 79.9. The number of nitrogens with zero attached hydrogens (tertiary/aromatic N) is 3. The van der Waals surface area contributed by atoms with E-state index in [-0.39, 0.29) is 5.56 Å². The number of aromatic nitrogens is 3. The Bertz CT molecular complexity index is 510. The van der Waals surface area contributed by atoms with Crippen molar-refractivity contribution in [2.45, 2.75) is 0 Å². The van der Waals surface area contributed by atoms with Crippen LogP contribution in [0.15, 0.2) is 35.2 Å². The van der Waals surface area contributed by atoms with Crippen molar-refractivity contribution in [1.29, 1.82) is 0 Å². The molecule has 0 bridgehead atoms. The summed E-state index contributed by atoms with van der Waals surface area (Å²) in [6.45, 7) is 0. The summed E-state index contributed by atoms with van der Waals surface area (Å²) in [4.78, 5) is 14.7. The lowest BCUT2D eigenvalue weighted by atomic mass is 10.4. The predicted molar refractivity (Wildman–Crippen MR) is 56.0 cm³/mol. The molecule has 0 unspecified atom stereocenters. The first kappa shape index (κ1) is 9.85. The van der Waals surface area contributed by atoms with Crippen LogP contribution in [0.5, 0.6) is 0 Å². The third-order valence-corrected chi connectivity index (χ3v) is 2.40. The number of hydrogen-bond donors (Lipinski definition) is 1. The van der Waals surface area contributed by atoms with Crippen molar-refractivity contribution in [3.05, 3.63) is 40.8 Å². The maximum atomic E-state index is 10.6. The van der Waals surface area contributed by atoms with E-state index in [2.05, 4.69) is 26.0 Å². The molecule has 0 fully saturated rings. The van der Waals surface area contributed by atoms with E-state index >= 15 is 0 Å². The summed E-state index contributed by atoms with van der Waals surface area (Å²) in [5.41, 5.74) is 0.132. The molecule has 2 aromatic heterocycles. The van der Waals surface area contributed by atoms with Crippen LogP contribution in [0.4, 0.5) is 0 Å². The lowest BCUT2D eigenvalue weighted by molar-refractivity contribution is 0.0697. The SMILES string of the molecule is O=C(O)c1cnn(-c2ncccc2Br)c1. The monoisotopic (exact) mass is 267 g/mol. The highest BCUT2D eigenvalue weighted by Crippen LogP contribution is 2.17. The van der Waals surface area contributed by atoms with Crippen LogP contribution in [0.25, 0.3) is 5.82 Å². The molecule has 0 aliphatic heterocycles. The fourth-order valence-electron chi connectivity index (χ4n) is 1.10. The normalized spacial score (nSPS) is 10.2. The number of carboxylic acids is 1. The fraction of sp³-hybridized carbons (Fsp3) is 0. The molecule has 15 heavy (non-hydrogen) atoms. The van der Waals surface area contributed by atoms with Crippen LogP contribution in [0, 0.1) is 0 Å². The van der Waals surface area contributed by atoms with Crippen molar-refractivity contribution in [3.8, 4) is 5.82 Å². The van der Waals surface area contributed by atoms with Gasteiger partial charge in [0.15, 0.2) is 5.82 Å². The molecular weight excluding hydrogens is 262 g/mol. The first-order chi connectivity index (χ1) is 7.18. The molecule has 0 aliphatic carbocycles. The smallest absolute Gasteiger partial charge is 0.338 e. The van der Waals surface area contributed by atoms with Crippen molar-refractivity contribution in [2.75, 3.05) is 0 Å². The Morgan fingerprint density at radius 3 is 2.93 bits per heavy atom. The third kappa shape index (κ3) is 1.89. The van der Waals surface area contributed by atoms with Gasteiger partial charge < -0.3 is 5.11 Å². The number of pyridine rings is 1. The quantitative estimate of drug-likeness (QED) is 0.900. The third-order valence-electron chi connectivity index (χ3n) is 1.79. The van der Waals surface area contributed by atoms with Gasteiger partial charge in [-0.25, -0.2) is 14.5 Å². The minimum atomic E-state index is -1.01. The molecule has 0 spiro atoms. The topological polar surface area (TPSA) is 68.0 Å². The molecule has 6 heteroatoms. The zero-order chi connectivity index (χ0) is 10.8. The van der Waals surface area contributed by atoms with Crippen LogP contribution < -0.4 is 0 Å². The number of carbonyl (C=O) groups is 1. The molecule has 2 rings (SSSR count). The van der Waals surface area contributed by atoms with Gasteiger partial charge in [0.05, 0.1) is 16.2 Å². The van der Waals surface area contributed by atoms with Crippen LogP contribution in [0.2, 0.25) is 0 Å². The number of carboxylic acid groups (broad SMARTS) is 1. The molecule has 0 saturated heterocycles. The van der Waals surface area contributed by atoms with Crippen LogP contribution in [0.3, 0.4) is 0 Å². The highest BCUT2D eigenvalue weighted by Gasteiger charge is 2.09. The van der Waals surface area contributed by atoms with E-state index in [1.54, 1.807) is 12.3 Å². The Balaban J connectivity index is 2.46. The number of rotatable bonds is 2. The molecular formula is C9H6BrN3O2. The van der Waals surface area contributed by atoms with Crippen molar-refractivity contribution in [3.63, 3.8) is 0 Å². The zero-order valence-electron chi connectivity index (χ0n) is 7.46. The second kappa shape index (κ2) is 3.82. The van der Waals surface area contributed by atoms with Gasteiger partial charge in [0, 0.05) is 12.4 Å². The van der Waals surface area contributed by atoms with Gasteiger partial charge in [-0.3, -0.25) is 0 Å². The Morgan fingerprint density at radius 1 is 1.53 bits per heavy atom. The molecule has 76 valence electrons. The number of hydrogen-bond acceptors (Lipinski definition) is 3. The summed E-state index contributed by atoms with van der Waals surface area (Å²) >= 11 is 3.31. The largest absolute Gasteiger partial charge is 0.478 e. The maximum Gasteiger partial charge on any atom is 0.338 e. The van der Waals surface area contributed by atoms with Crippen LogP contribution in [0.1, 0.15) is 10.4 Å². The fourth-order valence-corrected chi connectivity index (χ4v) is 1.53. The molecule has 0 radical (unpaired) electrons. The summed E-state index contributed by atoms with van der Waals surface area (Å²) in [5.74, 6) is -0.446. The summed E-state index contributed by atoms with van der Waals surface area (Å²) in [5, 5.41) is 12.6. The van der Waals surface area contributed by atoms with Gasteiger partial charge in [0.1, 0.15) is 0 Å². The van der Waals surface area contributed by atoms with Crippen molar-refractivity contribution < 1.29 is 9.90 Å². The standard InChI is InChI=1S/C9H6BrN3O2/c10-7-2-1-3-11-8(7)13-5-6(4-12-13)9(14)15/h1-5H,(H,14,15). The maximum absolute atomic E-state index is 10.6. The molecule has 5 nitrogen and oxygen atoms in total. The van der Waals surface area contributed by atoms with E-state index < -0.39 is 5.97 Å². The van der Waals surface area contributed by atoms with Crippen LogP contribution in [-0.2, 0) is 0 Å². The second-order valence-electron chi connectivity index (χ2n) is 2.79. The molecule has 0 aliphatic rings. The van der Waals surface area contributed by atoms with Crippen molar-refractivity contribution in [1.82, 2.24) is 14.8 Å². The predicted octanol–water partition coefficient (Wildman–Crippen LogP) is 1.73. The Morgan fingerprint density at radius 2 is 2.33 bits per heavy atom. The molecule has 1 N–H and O–H groups in total. The van der Waals surface area contributed by atoms with E-state index in [4.69, 9.17) is 5.11 Å². The number of aromatic carboxylic acids is 1. The molecule has 0 amide bonds. The molecule has 0 saturated carbocycles. The Labute approximate surface area is 93.5 Å². The zero-order valence-corrected chi connectivity index (χ0v) is 9.05. The Hall–Kier alpha value is -1.69. The van der Waals surface area contributed by atoms with Crippen LogP contribution in [-0.4, -0.2) is 25.8 Å². The first-order valence-electron chi connectivity index (χ1n) is 4.07. The number of halogens is 1. The minimum absolute atomic E-state index is 0.132. The van der Waals surface area contributed by atoms with Crippen molar-refractivity contribution in [2.24, 2.45) is 0 Å². The second-order valence-corrected chi connectivity index (χ2v) is 3.64. The molecule has 0 aromatic carbocycles. The summed E-state index contributed by atoms with van der Waals surface area (Å²) in [6, 6.07) is 3.58. The lowest BCUT2D eigenvalue weighted by Gasteiger charge is -2.01. The van der Waals surface area contributed by atoms with Gasteiger partial charge in [0.2, 0.25) is 0 Å². The summed E-state index contributed by atoms with van der Waals surface area (Å²) in [7, 11) is 0. The van der Waals surface area contributed by atoms with Gasteiger partial charge in [0.25, 0.3) is 0 Å². The van der Waals surface area contributed by atoms with E-state index in [0.29, 0.717) is 5.82 Å². The van der Waals surface area contributed by atoms with Gasteiger partial charge in [-0.05, 0) is 28.1 Å². The van der Waals surface area contributed by atoms with E-state index in [1.165, 1.54) is 17.1 Å². The highest BCUT2D eigenvalue weighted by molar-refractivity contribution is 9.10. The summed E-state index contributed by atoms with van der Waals surface area (Å²) < 4.78 is 2.16. The van der Waals surface area contributed by atoms with E-state index in [1.807, 2.05) is 6.07 Å². The van der Waals surface area contributed by atoms with E-state index in [9.17, 15) is 4.79 Å². The average Bonchev–Trinajstić information content (AvgIpc) is 2.67. The van der Waals surface area contributed by atoms with Crippen LogP contribution >= 0.6 is 15.9 Å². The van der Waals surface area contributed by atoms with Gasteiger partial charge in [-0.15, -0.1) is 0 Å². The molecule has 2 heterocycles. The first-order valence-corrected chi connectivity index (χ1v) is 4.86. The molecule has 2 aromatic rings. The Kier molecular flexibility index (Phi) is 2.51. The van der Waals surface area contributed by atoms with Gasteiger partial charge in [-0.2, -0.15) is 5.10 Å². The minimum Gasteiger partial charge on any atom is -0.478 e. The summed E-state index contributed by atoms with van der Waals surface area (Å²) in [6.07, 6.45) is 4.31. The van der Waals surface area contributed by atoms with Gasteiger partial charge >= 0.3 is 5.97 Å².